The molecule has 1 heterocycles. The molecule has 1 atom stereocenters. The summed E-state index contributed by atoms with van der Waals surface area (Å²) in [6, 6.07) is 1.68. The van der Waals surface area contributed by atoms with Gasteiger partial charge in [-0.05, 0) is 38.0 Å². The second-order valence-corrected chi connectivity index (χ2v) is 5.94. The number of halogens is 1. The van der Waals surface area contributed by atoms with E-state index in [4.69, 9.17) is 16.3 Å². The maximum Gasteiger partial charge on any atom is 0.183 e. The summed E-state index contributed by atoms with van der Waals surface area (Å²) in [5.74, 6) is 0.723. The van der Waals surface area contributed by atoms with Crippen LogP contribution in [0.4, 0.5) is 0 Å². The van der Waals surface area contributed by atoms with Crippen molar-refractivity contribution >= 4 is 17.4 Å². The minimum atomic E-state index is -0.169. The van der Waals surface area contributed by atoms with Crippen molar-refractivity contribution in [3.63, 3.8) is 0 Å². The molecule has 1 N–H and O–H groups in total. The summed E-state index contributed by atoms with van der Waals surface area (Å²) in [7, 11) is 1.60. The van der Waals surface area contributed by atoms with E-state index in [1.807, 2.05) is 26.8 Å². The third-order valence-electron chi connectivity index (χ3n) is 4.19. The number of rotatable bonds is 4. The van der Waals surface area contributed by atoms with Crippen molar-refractivity contribution in [3.05, 3.63) is 27.8 Å². The molecule has 21 heavy (non-hydrogen) atoms. The van der Waals surface area contributed by atoms with Crippen LogP contribution in [0.1, 0.15) is 28.4 Å². The highest BCUT2D eigenvalue weighted by Crippen LogP contribution is 2.33. The highest BCUT2D eigenvalue weighted by atomic mass is 35.5. The SMILES string of the molecule is COc1c(C)cc(Cl)c(C)c1C(=O)C(C)N1CCNCC1. The van der Waals surface area contributed by atoms with Crippen molar-refractivity contribution in [1.82, 2.24) is 10.2 Å². The zero-order chi connectivity index (χ0) is 15.6. The van der Waals surface area contributed by atoms with E-state index < -0.39 is 0 Å². The number of nitrogens with one attached hydrogen (secondary N) is 1. The summed E-state index contributed by atoms with van der Waals surface area (Å²) < 4.78 is 5.46. The van der Waals surface area contributed by atoms with Crippen LogP contribution in [0.5, 0.6) is 5.75 Å². The molecule has 0 bridgehead atoms. The third kappa shape index (κ3) is 3.23. The lowest BCUT2D eigenvalue weighted by Gasteiger charge is -2.32. The predicted octanol–water partition coefficient (Wildman–Crippen LogP) is 2.44. The Balaban J connectivity index is 2.37. The van der Waals surface area contributed by atoms with Gasteiger partial charge < -0.3 is 10.1 Å². The van der Waals surface area contributed by atoms with Gasteiger partial charge in [0.05, 0.1) is 18.7 Å². The minimum Gasteiger partial charge on any atom is -0.496 e. The number of methoxy groups -OCH3 is 1. The smallest absolute Gasteiger partial charge is 0.183 e. The van der Waals surface area contributed by atoms with Gasteiger partial charge in [-0.25, -0.2) is 0 Å². The van der Waals surface area contributed by atoms with Gasteiger partial charge in [0.15, 0.2) is 5.78 Å². The number of nitrogens with zero attached hydrogens (tertiary/aromatic N) is 1. The van der Waals surface area contributed by atoms with Crippen molar-refractivity contribution in [3.8, 4) is 5.75 Å². The topological polar surface area (TPSA) is 41.6 Å². The van der Waals surface area contributed by atoms with Gasteiger partial charge in [0.25, 0.3) is 0 Å². The molecule has 5 heteroatoms. The average Bonchev–Trinajstić information content (AvgIpc) is 2.50. The van der Waals surface area contributed by atoms with Gasteiger partial charge in [-0.2, -0.15) is 0 Å². The number of carbonyl (C=O) groups excluding carboxylic acids is 1. The molecule has 116 valence electrons. The van der Waals surface area contributed by atoms with Gasteiger partial charge in [-0.1, -0.05) is 11.6 Å². The van der Waals surface area contributed by atoms with Crippen molar-refractivity contribution in [1.29, 1.82) is 0 Å². The molecule has 1 saturated heterocycles. The molecule has 4 nitrogen and oxygen atoms in total. The van der Waals surface area contributed by atoms with Crippen LogP contribution in [-0.4, -0.2) is 50.0 Å². The number of aryl methyl sites for hydroxylation is 1. The van der Waals surface area contributed by atoms with Crippen LogP contribution < -0.4 is 10.1 Å². The van der Waals surface area contributed by atoms with E-state index in [1.165, 1.54) is 0 Å². The van der Waals surface area contributed by atoms with Crippen LogP contribution in [0.25, 0.3) is 0 Å². The number of carbonyl (C=O) groups is 1. The van der Waals surface area contributed by atoms with Gasteiger partial charge in [-0.15, -0.1) is 0 Å². The van der Waals surface area contributed by atoms with Crippen LogP contribution in [-0.2, 0) is 0 Å². The van der Waals surface area contributed by atoms with E-state index in [-0.39, 0.29) is 11.8 Å². The number of benzene rings is 1. The van der Waals surface area contributed by atoms with E-state index in [2.05, 4.69) is 10.2 Å². The Labute approximate surface area is 131 Å². The molecule has 0 amide bonds. The molecular formula is C16H23ClN2O2. The minimum absolute atomic E-state index is 0.0804. The van der Waals surface area contributed by atoms with Crippen LogP contribution in [0.3, 0.4) is 0 Å². The molecule has 0 saturated carbocycles. The molecule has 1 aliphatic heterocycles. The zero-order valence-corrected chi connectivity index (χ0v) is 13.9. The Hall–Kier alpha value is -1.10. The highest BCUT2D eigenvalue weighted by molar-refractivity contribution is 6.32. The predicted molar refractivity (Wildman–Crippen MR) is 85.7 cm³/mol. The van der Waals surface area contributed by atoms with E-state index in [0.29, 0.717) is 16.3 Å². The highest BCUT2D eigenvalue weighted by Gasteiger charge is 2.28. The van der Waals surface area contributed by atoms with Gasteiger partial charge in [0.1, 0.15) is 5.75 Å². The van der Waals surface area contributed by atoms with Gasteiger partial charge >= 0.3 is 0 Å². The maximum atomic E-state index is 12.9. The lowest BCUT2D eigenvalue weighted by Crippen LogP contribution is -2.50. The molecule has 1 unspecified atom stereocenters. The van der Waals surface area contributed by atoms with Crippen LogP contribution in [0.15, 0.2) is 6.07 Å². The molecule has 0 spiro atoms. The number of hydrogen-bond donors (Lipinski definition) is 1. The first-order chi connectivity index (χ1) is 9.97. The van der Waals surface area contributed by atoms with Gasteiger partial charge in [0.2, 0.25) is 0 Å². The Morgan fingerprint density at radius 2 is 2.00 bits per heavy atom. The quantitative estimate of drug-likeness (QED) is 0.867. The van der Waals surface area contributed by atoms with Crippen molar-refractivity contribution in [2.45, 2.75) is 26.8 Å². The molecule has 0 aromatic heterocycles. The molecule has 1 fully saturated rings. The molecule has 0 radical (unpaired) electrons. The van der Waals surface area contributed by atoms with E-state index in [1.54, 1.807) is 7.11 Å². The third-order valence-corrected chi connectivity index (χ3v) is 4.58. The lowest BCUT2D eigenvalue weighted by atomic mass is 9.95. The van der Waals surface area contributed by atoms with Crippen LogP contribution >= 0.6 is 11.6 Å². The molecule has 0 aliphatic carbocycles. The monoisotopic (exact) mass is 310 g/mol. The second-order valence-electron chi connectivity index (χ2n) is 5.53. The summed E-state index contributed by atoms with van der Waals surface area (Å²) in [4.78, 5) is 15.2. The van der Waals surface area contributed by atoms with E-state index in [9.17, 15) is 4.79 Å². The average molecular weight is 311 g/mol. The first kappa shape index (κ1) is 16.3. The fraction of sp³-hybridized carbons (Fsp3) is 0.562. The number of hydrogen-bond acceptors (Lipinski definition) is 4. The second kappa shape index (κ2) is 6.77. The molecular weight excluding hydrogens is 288 g/mol. The fourth-order valence-corrected chi connectivity index (χ4v) is 3.11. The van der Waals surface area contributed by atoms with Gasteiger partial charge in [0, 0.05) is 31.2 Å². The number of piperazine rings is 1. The van der Waals surface area contributed by atoms with Crippen LogP contribution in [0, 0.1) is 13.8 Å². The number of ether oxygens (including phenoxy) is 1. The Bertz CT molecular complexity index is 540. The summed E-state index contributed by atoms with van der Waals surface area (Å²) in [6.45, 7) is 9.35. The lowest BCUT2D eigenvalue weighted by molar-refractivity contribution is 0.0816. The van der Waals surface area contributed by atoms with Crippen LogP contribution in [0.2, 0.25) is 5.02 Å². The Morgan fingerprint density at radius 1 is 1.38 bits per heavy atom. The molecule has 1 aromatic carbocycles. The van der Waals surface area contributed by atoms with Gasteiger partial charge in [-0.3, -0.25) is 9.69 Å². The largest absolute Gasteiger partial charge is 0.496 e. The Kier molecular flexibility index (Phi) is 5.25. The Morgan fingerprint density at radius 3 is 2.57 bits per heavy atom. The summed E-state index contributed by atoms with van der Waals surface area (Å²) in [6.07, 6.45) is 0. The molecule has 2 rings (SSSR count). The van der Waals surface area contributed by atoms with E-state index >= 15 is 0 Å². The fourth-order valence-electron chi connectivity index (χ4n) is 2.85. The summed E-state index contributed by atoms with van der Waals surface area (Å²) >= 11 is 6.25. The van der Waals surface area contributed by atoms with E-state index in [0.717, 1.165) is 37.3 Å². The maximum absolute atomic E-state index is 12.9. The standard InChI is InChI=1S/C16H23ClN2O2/c1-10-9-13(17)11(2)14(16(10)21-4)15(20)12(3)19-7-5-18-6-8-19/h9,12,18H,5-8H2,1-4H3. The first-order valence-corrected chi connectivity index (χ1v) is 7.67. The van der Waals surface area contributed by atoms with Crippen molar-refractivity contribution < 1.29 is 9.53 Å². The summed E-state index contributed by atoms with van der Waals surface area (Å²) in [5.41, 5.74) is 2.31. The van der Waals surface area contributed by atoms with Crippen molar-refractivity contribution in [2.75, 3.05) is 33.3 Å². The summed E-state index contributed by atoms with van der Waals surface area (Å²) in [5, 5.41) is 3.92. The number of ketones is 1. The first-order valence-electron chi connectivity index (χ1n) is 7.30. The zero-order valence-electron chi connectivity index (χ0n) is 13.1. The molecule has 1 aromatic rings. The number of Topliss-reactive ketones (excluding diaryl/α,β-unsaturated/α-hetero) is 1. The van der Waals surface area contributed by atoms with Crippen molar-refractivity contribution in [2.24, 2.45) is 0 Å². The molecule has 1 aliphatic rings. The normalized spacial score (nSPS) is 17.6.